The summed E-state index contributed by atoms with van der Waals surface area (Å²) in [6, 6.07) is -1.42. The monoisotopic (exact) mass is 337 g/mol. The molecule has 2 atom stereocenters. The standard InChI is InChI=1S/C16H27N3O3Si/c1-16(2,3)23(4,5)10-6-7-11(14(17)21)19-15(22)12-8-9-13(20)18-12/h11-12H,7-9H2,1-5H3,(H2,17,21)(H,18,20)(H,19,22)/t11-,12-/m1/s1. The lowest BCUT2D eigenvalue weighted by Gasteiger charge is -2.31. The van der Waals surface area contributed by atoms with Crippen LogP contribution in [0.2, 0.25) is 18.1 Å². The summed E-state index contributed by atoms with van der Waals surface area (Å²) >= 11 is 0. The van der Waals surface area contributed by atoms with Crippen LogP contribution in [0, 0.1) is 11.5 Å². The SMILES string of the molecule is CC(C)(C)[Si](C)(C)C#CC[C@@H](NC(=O)[C@H]1CCC(=O)N1)C(N)=O. The van der Waals surface area contributed by atoms with Crippen LogP contribution < -0.4 is 16.4 Å². The zero-order valence-corrected chi connectivity index (χ0v) is 15.6. The minimum atomic E-state index is -1.76. The van der Waals surface area contributed by atoms with Crippen LogP contribution in [-0.4, -0.2) is 37.9 Å². The first-order valence-electron chi connectivity index (χ1n) is 7.83. The quantitative estimate of drug-likeness (QED) is 0.519. The molecule has 1 rings (SSSR count). The number of primary amides is 1. The highest BCUT2D eigenvalue weighted by atomic mass is 28.3. The van der Waals surface area contributed by atoms with Crippen molar-refractivity contribution in [1.82, 2.24) is 10.6 Å². The molecule has 1 heterocycles. The van der Waals surface area contributed by atoms with Crippen molar-refractivity contribution in [1.29, 1.82) is 0 Å². The third-order valence-electron chi connectivity index (χ3n) is 4.55. The summed E-state index contributed by atoms with van der Waals surface area (Å²) < 4.78 is 0. The van der Waals surface area contributed by atoms with E-state index in [0.29, 0.717) is 12.8 Å². The van der Waals surface area contributed by atoms with Gasteiger partial charge in [0.15, 0.2) is 0 Å². The molecule has 0 aromatic carbocycles. The van der Waals surface area contributed by atoms with Gasteiger partial charge in [0.05, 0.1) is 0 Å². The Morgan fingerprint density at radius 3 is 2.48 bits per heavy atom. The third kappa shape index (κ3) is 5.39. The Hall–Kier alpha value is -1.81. The van der Waals surface area contributed by atoms with Crippen LogP contribution in [-0.2, 0) is 14.4 Å². The van der Waals surface area contributed by atoms with E-state index in [0.717, 1.165) is 0 Å². The maximum absolute atomic E-state index is 12.1. The van der Waals surface area contributed by atoms with Gasteiger partial charge in [-0.15, -0.1) is 11.5 Å². The molecule has 3 amide bonds. The molecule has 0 aromatic rings. The highest BCUT2D eigenvalue weighted by Crippen LogP contribution is 2.35. The van der Waals surface area contributed by atoms with Crippen molar-refractivity contribution in [2.75, 3.05) is 0 Å². The smallest absolute Gasteiger partial charge is 0.243 e. The van der Waals surface area contributed by atoms with Crippen molar-refractivity contribution < 1.29 is 14.4 Å². The van der Waals surface area contributed by atoms with E-state index in [4.69, 9.17) is 5.73 Å². The van der Waals surface area contributed by atoms with Gasteiger partial charge in [-0.25, -0.2) is 0 Å². The Labute approximate surface area is 139 Å². The topological polar surface area (TPSA) is 101 Å². The average molecular weight is 337 g/mol. The van der Waals surface area contributed by atoms with Crippen LogP contribution in [0.1, 0.15) is 40.0 Å². The van der Waals surface area contributed by atoms with Gasteiger partial charge in [0.1, 0.15) is 20.2 Å². The van der Waals surface area contributed by atoms with Gasteiger partial charge in [0.2, 0.25) is 17.7 Å². The van der Waals surface area contributed by atoms with E-state index in [1.807, 2.05) is 0 Å². The summed E-state index contributed by atoms with van der Waals surface area (Å²) in [4.78, 5) is 34.7. The molecule has 1 fully saturated rings. The van der Waals surface area contributed by atoms with Gasteiger partial charge in [0, 0.05) is 12.8 Å². The van der Waals surface area contributed by atoms with Crippen LogP contribution in [0.4, 0.5) is 0 Å². The van der Waals surface area contributed by atoms with Crippen molar-refractivity contribution in [3.05, 3.63) is 0 Å². The van der Waals surface area contributed by atoms with Crippen molar-refractivity contribution in [2.45, 2.75) is 70.2 Å². The molecule has 0 unspecified atom stereocenters. The Bertz CT molecular complexity index is 555. The number of hydrogen-bond donors (Lipinski definition) is 3. The van der Waals surface area contributed by atoms with E-state index in [1.165, 1.54) is 0 Å². The lowest BCUT2D eigenvalue weighted by molar-refractivity contribution is -0.129. The average Bonchev–Trinajstić information content (AvgIpc) is 2.82. The van der Waals surface area contributed by atoms with E-state index < -0.39 is 26.1 Å². The largest absolute Gasteiger partial charge is 0.368 e. The number of nitrogens with two attached hydrogens (primary N) is 1. The summed E-state index contributed by atoms with van der Waals surface area (Å²) in [5.74, 6) is 1.87. The number of amides is 3. The first-order valence-corrected chi connectivity index (χ1v) is 10.8. The van der Waals surface area contributed by atoms with Crippen molar-refractivity contribution in [2.24, 2.45) is 5.73 Å². The molecular weight excluding hydrogens is 310 g/mol. The second-order valence-electron chi connectivity index (χ2n) is 7.50. The van der Waals surface area contributed by atoms with Crippen molar-refractivity contribution in [3.63, 3.8) is 0 Å². The van der Waals surface area contributed by atoms with Crippen LogP contribution >= 0.6 is 0 Å². The minimum Gasteiger partial charge on any atom is -0.368 e. The molecule has 128 valence electrons. The van der Waals surface area contributed by atoms with Gasteiger partial charge in [0.25, 0.3) is 0 Å². The molecule has 0 spiro atoms. The summed E-state index contributed by atoms with van der Waals surface area (Å²) in [6.07, 6.45) is 0.949. The lowest BCUT2D eigenvalue weighted by Crippen LogP contribution is -2.50. The molecule has 7 heteroatoms. The predicted octanol–water partition coefficient (Wildman–Crippen LogP) is 0.676. The molecule has 0 saturated carbocycles. The van der Waals surface area contributed by atoms with Gasteiger partial charge in [-0.3, -0.25) is 14.4 Å². The second-order valence-corrected chi connectivity index (χ2v) is 12.5. The molecule has 0 radical (unpaired) electrons. The lowest BCUT2D eigenvalue weighted by atomic mass is 10.1. The fourth-order valence-corrected chi connectivity index (χ4v) is 2.79. The van der Waals surface area contributed by atoms with Crippen LogP contribution in [0.15, 0.2) is 0 Å². The molecule has 4 N–H and O–H groups in total. The molecule has 0 aliphatic carbocycles. The summed E-state index contributed by atoms with van der Waals surface area (Å²) in [6.45, 7) is 10.8. The van der Waals surface area contributed by atoms with Crippen LogP contribution in [0.25, 0.3) is 0 Å². The first kappa shape index (κ1) is 19.2. The molecule has 23 heavy (non-hydrogen) atoms. The van der Waals surface area contributed by atoms with Crippen molar-refractivity contribution >= 4 is 25.8 Å². The minimum absolute atomic E-state index is 0.125. The zero-order chi connectivity index (χ0) is 17.8. The van der Waals surface area contributed by atoms with Gasteiger partial charge in [-0.2, -0.15) is 0 Å². The van der Waals surface area contributed by atoms with Crippen LogP contribution in [0.5, 0.6) is 0 Å². The number of carbonyl (C=O) groups excluding carboxylic acids is 3. The highest BCUT2D eigenvalue weighted by molar-refractivity contribution is 6.87. The zero-order valence-electron chi connectivity index (χ0n) is 14.6. The van der Waals surface area contributed by atoms with Crippen LogP contribution in [0.3, 0.4) is 0 Å². The van der Waals surface area contributed by atoms with Gasteiger partial charge < -0.3 is 16.4 Å². The fraction of sp³-hybridized carbons (Fsp3) is 0.688. The fourth-order valence-electron chi connectivity index (χ4n) is 1.87. The van der Waals surface area contributed by atoms with E-state index in [1.54, 1.807) is 0 Å². The normalized spacial score (nSPS) is 19.3. The highest BCUT2D eigenvalue weighted by Gasteiger charge is 2.34. The molecule has 0 aromatic heterocycles. The number of nitrogens with one attached hydrogen (secondary N) is 2. The Morgan fingerprint density at radius 1 is 1.43 bits per heavy atom. The first-order chi connectivity index (χ1) is 10.4. The van der Waals surface area contributed by atoms with E-state index in [9.17, 15) is 14.4 Å². The Morgan fingerprint density at radius 2 is 2.04 bits per heavy atom. The molecular formula is C16H27N3O3Si. The van der Waals surface area contributed by atoms with E-state index in [-0.39, 0.29) is 23.3 Å². The molecule has 0 bridgehead atoms. The number of hydrogen-bond acceptors (Lipinski definition) is 3. The maximum atomic E-state index is 12.1. The second kappa shape index (κ2) is 7.17. The summed E-state index contributed by atoms with van der Waals surface area (Å²) in [7, 11) is -1.76. The molecule has 1 saturated heterocycles. The van der Waals surface area contributed by atoms with Crippen molar-refractivity contribution in [3.8, 4) is 11.5 Å². The Kier molecular flexibility index (Phi) is 6.00. The molecule has 6 nitrogen and oxygen atoms in total. The summed E-state index contributed by atoms with van der Waals surface area (Å²) in [5.41, 5.74) is 8.64. The third-order valence-corrected chi connectivity index (χ3v) is 9.11. The van der Waals surface area contributed by atoms with E-state index >= 15 is 0 Å². The van der Waals surface area contributed by atoms with Gasteiger partial charge >= 0.3 is 0 Å². The molecule has 1 aliphatic rings. The number of rotatable bonds is 4. The van der Waals surface area contributed by atoms with Gasteiger partial charge in [-0.05, 0) is 11.5 Å². The predicted molar refractivity (Wildman–Crippen MR) is 91.9 cm³/mol. The van der Waals surface area contributed by atoms with Gasteiger partial charge in [-0.1, -0.05) is 33.9 Å². The maximum Gasteiger partial charge on any atom is 0.243 e. The summed E-state index contributed by atoms with van der Waals surface area (Å²) in [5, 5.41) is 5.28. The van der Waals surface area contributed by atoms with E-state index in [2.05, 4.69) is 56.0 Å². The Balaban J connectivity index is 2.69. The molecule has 1 aliphatic heterocycles. The number of carbonyl (C=O) groups is 3.